The molecule has 0 aliphatic rings. The molecule has 0 saturated heterocycles. The molecule has 0 aromatic heterocycles. The van der Waals surface area contributed by atoms with Crippen LogP contribution in [0.15, 0.2) is 18.2 Å². The molecule has 4 nitrogen and oxygen atoms in total. The molecule has 0 bridgehead atoms. The highest BCUT2D eigenvalue weighted by Gasteiger charge is 2.15. The second kappa shape index (κ2) is 8.55. The summed E-state index contributed by atoms with van der Waals surface area (Å²) in [6.07, 6.45) is 4.03. The maximum absolute atomic E-state index is 11.1. The maximum atomic E-state index is 11.1. The summed E-state index contributed by atoms with van der Waals surface area (Å²) in [6.45, 7) is 8.19. The predicted molar refractivity (Wildman–Crippen MR) is 83.4 cm³/mol. The van der Waals surface area contributed by atoms with Gasteiger partial charge >= 0.3 is 5.97 Å². The van der Waals surface area contributed by atoms with Crippen LogP contribution in [0.1, 0.15) is 63.7 Å². The summed E-state index contributed by atoms with van der Waals surface area (Å²) in [7, 11) is 0. The Hall–Kier alpha value is -1.71. The van der Waals surface area contributed by atoms with Crippen LogP contribution in [0.25, 0.3) is 0 Å². The minimum absolute atomic E-state index is 0.0304. The maximum Gasteiger partial charge on any atom is 0.335 e. The summed E-state index contributed by atoms with van der Waals surface area (Å²) in [6, 6.07) is 4.78. The molecule has 0 aliphatic heterocycles. The summed E-state index contributed by atoms with van der Waals surface area (Å²) in [4.78, 5) is 11.1. The number of hydrogen-bond acceptors (Lipinski definition) is 3. The van der Waals surface area contributed by atoms with E-state index in [2.05, 4.69) is 13.8 Å². The van der Waals surface area contributed by atoms with E-state index in [-0.39, 0.29) is 17.8 Å². The molecular weight excluding hydrogens is 268 g/mol. The first kappa shape index (κ1) is 17.3. The SMILES string of the molecule is CCCC(C)Oc1ccc(C(=O)O)cc1OC(C)CCC. The van der Waals surface area contributed by atoms with Crippen molar-refractivity contribution in [2.24, 2.45) is 0 Å². The Labute approximate surface area is 127 Å². The van der Waals surface area contributed by atoms with E-state index < -0.39 is 5.97 Å². The second-order valence-corrected chi connectivity index (χ2v) is 5.40. The van der Waals surface area contributed by atoms with Crippen molar-refractivity contribution in [3.63, 3.8) is 0 Å². The molecule has 4 heteroatoms. The molecule has 0 amide bonds. The third-order valence-corrected chi connectivity index (χ3v) is 3.24. The zero-order valence-corrected chi connectivity index (χ0v) is 13.4. The molecule has 0 radical (unpaired) electrons. The summed E-state index contributed by atoms with van der Waals surface area (Å²) in [5, 5.41) is 9.11. The molecule has 2 atom stereocenters. The molecule has 0 saturated carbocycles. The number of aromatic carboxylic acids is 1. The fourth-order valence-electron chi connectivity index (χ4n) is 2.19. The van der Waals surface area contributed by atoms with Crippen LogP contribution in [-0.4, -0.2) is 23.3 Å². The van der Waals surface area contributed by atoms with Crippen molar-refractivity contribution in [1.82, 2.24) is 0 Å². The first-order chi connectivity index (χ1) is 9.97. The Bertz CT molecular complexity index is 456. The van der Waals surface area contributed by atoms with E-state index in [1.165, 1.54) is 0 Å². The smallest absolute Gasteiger partial charge is 0.335 e. The summed E-state index contributed by atoms with van der Waals surface area (Å²) in [5.41, 5.74) is 0.212. The Morgan fingerprint density at radius 2 is 1.57 bits per heavy atom. The molecular formula is C17H26O4. The lowest BCUT2D eigenvalue weighted by atomic mass is 10.2. The molecule has 0 fully saturated rings. The standard InChI is InChI=1S/C17H26O4/c1-5-7-12(3)20-15-10-9-14(17(18)19)11-16(15)21-13(4)8-6-2/h9-13H,5-8H2,1-4H3,(H,18,19). The normalized spacial score (nSPS) is 13.5. The van der Waals surface area contributed by atoms with E-state index in [1.54, 1.807) is 18.2 Å². The lowest BCUT2D eigenvalue weighted by Gasteiger charge is -2.20. The number of rotatable bonds is 9. The van der Waals surface area contributed by atoms with Crippen LogP contribution in [0.4, 0.5) is 0 Å². The van der Waals surface area contributed by atoms with Gasteiger partial charge in [-0.05, 0) is 44.9 Å². The third kappa shape index (κ3) is 5.66. The minimum atomic E-state index is -0.962. The summed E-state index contributed by atoms with van der Waals surface area (Å²) >= 11 is 0. The highest BCUT2D eigenvalue weighted by Crippen LogP contribution is 2.31. The van der Waals surface area contributed by atoms with Crippen molar-refractivity contribution >= 4 is 5.97 Å². The number of carbonyl (C=O) groups is 1. The molecule has 1 N–H and O–H groups in total. The lowest BCUT2D eigenvalue weighted by molar-refractivity contribution is 0.0695. The Morgan fingerprint density at radius 3 is 2.05 bits per heavy atom. The number of ether oxygens (including phenoxy) is 2. The second-order valence-electron chi connectivity index (χ2n) is 5.40. The van der Waals surface area contributed by atoms with Crippen LogP contribution in [0.3, 0.4) is 0 Å². The van der Waals surface area contributed by atoms with E-state index in [0.29, 0.717) is 11.5 Å². The average molecular weight is 294 g/mol. The number of carboxylic acid groups (broad SMARTS) is 1. The molecule has 0 aliphatic carbocycles. The highest BCUT2D eigenvalue weighted by atomic mass is 16.5. The van der Waals surface area contributed by atoms with Crippen molar-refractivity contribution < 1.29 is 19.4 Å². The summed E-state index contributed by atoms with van der Waals surface area (Å²) in [5.74, 6) is 0.166. The van der Waals surface area contributed by atoms with Gasteiger partial charge in [-0.3, -0.25) is 0 Å². The average Bonchev–Trinajstić information content (AvgIpc) is 2.41. The van der Waals surface area contributed by atoms with E-state index in [1.807, 2.05) is 13.8 Å². The molecule has 0 spiro atoms. The van der Waals surface area contributed by atoms with Crippen molar-refractivity contribution in [2.75, 3.05) is 0 Å². The number of carboxylic acids is 1. The van der Waals surface area contributed by atoms with Crippen molar-refractivity contribution in [3.05, 3.63) is 23.8 Å². The van der Waals surface area contributed by atoms with Crippen molar-refractivity contribution in [3.8, 4) is 11.5 Å². The minimum Gasteiger partial charge on any atom is -0.487 e. The van der Waals surface area contributed by atoms with E-state index in [0.717, 1.165) is 25.7 Å². The first-order valence-electron chi connectivity index (χ1n) is 7.68. The molecule has 1 aromatic rings. The lowest BCUT2D eigenvalue weighted by Crippen LogP contribution is -2.15. The number of hydrogen-bond donors (Lipinski definition) is 1. The molecule has 0 heterocycles. The quantitative estimate of drug-likeness (QED) is 0.727. The van der Waals surface area contributed by atoms with Crippen molar-refractivity contribution in [1.29, 1.82) is 0 Å². The van der Waals surface area contributed by atoms with E-state index in [4.69, 9.17) is 14.6 Å². The third-order valence-electron chi connectivity index (χ3n) is 3.24. The van der Waals surface area contributed by atoms with Gasteiger partial charge < -0.3 is 14.6 Å². The zero-order valence-electron chi connectivity index (χ0n) is 13.4. The topological polar surface area (TPSA) is 55.8 Å². The Balaban J connectivity index is 2.96. The van der Waals surface area contributed by atoms with Crippen LogP contribution in [0.2, 0.25) is 0 Å². The molecule has 1 rings (SSSR count). The molecule has 21 heavy (non-hydrogen) atoms. The van der Waals surface area contributed by atoms with Gasteiger partial charge in [0.1, 0.15) is 0 Å². The van der Waals surface area contributed by atoms with Gasteiger partial charge in [0.2, 0.25) is 0 Å². The van der Waals surface area contributed by atoms with Gasteiger partial charge in [-0.1, -0.05) is 26.7 Å². The highest BCUT2D eigenvalue weighted by molar-refractivity contribution is 5.88. The Kier molecular flexibility index (Phi) is 7.06. The number of benzene rings is 1. The Morgan fingerprint density at radius 1 is 1.05 bits per heavy atom. The van der Waals surface area contributed by atoms with E-state index >= 15 is 0 Å². The molecule has 2 unspecified atom stereocenters. The molecule has 1 aromatic carbocycles. The van der Waals surface area contributed by atoms with Gasteiger partial charge in [0.05, 0.1) is 17.8 Å². The van der Waals surface area contributed by atoms with Gasteiger partial charge in [-0.25, -0.2) is 4.79 Å². The zero-order chi connectivity index (χ0) is 15.8. The largest absolute Gasteiger partial charge is 0.487 e. The van der Waals surface area contributed by atoms with E-state index in [9.17, 15) is 4.79 Å². The fourth-order valence-corrected chi connectivity index (χ4v) is 2.19. The predicted octanol–water partition coefficient (Wildman–Crippen LogP) is 4.52. The van der Waals surface area contributed by atoms with Gasteiger partial charge in [0.25, 0.3) is 0 Å². The van der Waals surface area contributed by atoms with Gasteiger partial charge in [0, 0.05) is 0 Å². The van der Waals surface area contributed by atoms with Crippen LogP contribution < -0.4 is 9.47 Å². The van der Waals surface area contributed by atoms with Crippen LogP contribution in [-0.2, 0) is 0 Å². The fraction of sp³-hybridized carbons (Fsp3) is 0.588. The van der Waals surface area contributed by atoms with Crippen LogP contribution in [0, 0.1) is 0 Å². The van der Waals surface area contributed by atoms with Crippen LogP contribution >= 0.6 is 0 Å². The van der Waals surface area contributed by atoms with Gasteiger partial charge in [0.15, 0.2) is 11.5 Å². The monoisotopic (exact) mass is 294 g/mol. The van der Waals surface area contributed by atoms with Gasteiger partial charge in [-0.2, -0.15) is 0 Å². The summed E-state index contributed by atoms with van der Waals surface area (Å²) < 4.78 is 11.7. The van der Waals surface area contributed by atoms with Gasteiger partial charge in [-0.15, -0.1) is 0 Å². The van der Waals surface area contributed by atoms with Crippen molar-refractivity contribution in [2.45, 2.75) is 65.6 Å². The first-order valence-corrected chi connectivity index (χ1v) is 7.68. The van der Waals surface area contributed by atoms with Crippen LogP contribution in [0.5, 0.6) is 11.5 Å². The molecule has 118 valence electrons.